The van der Waals surface area contributed by atoms with Gasteiger partial charge in [-0.2, -0.15) is 0 Å². The Labute approximate surface area is 146 Å². The second-order valence-electron chi connectivity index (χ2n) is 5.97. The molecule has 1 atom stereocenters. The predicted octanol–water partition coefficient (Wildman–Crippen LogP) is 3.89. The van der Waals surface area contributed by atoms with Crippen molar-refractivity contribution in [2.24, 2.45) is 0 Å². The number of carbonyl (C=O) groups is 2. The first-order valence-electron chi connectivity index (χ1n) is 7.99. The Balaban J connectivity index is 1.76. The minimum Gasteiger partial charge on any atom is -0.327 e. The van der Waals surface area contributed by atoms with Crippen LogP contribution in [0.1, 0.15) is 28.8 Å². The molecule has 124 valence electrons. The lowest BCUT2D eigenvalue weighted by Crippen LogP contribution is -2.43. The number of aryl methyl sites for hydroxylation is 1. The molecule has 0 bridgehead atoms. The summed E-state index contributed by atoms with van der Waals surface area (Å²) in [7, 11) is 0. The summed E-state index contributed by atoms with van der Waals surface area (Å²) >= 11 is 6.00. The lowest BCUT2D eigenvalue weighted by atomic mass is 10.1. The number of hydrogen-bond acceptors (Lipinski definition) is 2. The first-order chi connectivity index (χ1) is 11.6. The molecule has 2 amide bonds. The van der Waals surface area contributed by atoms with Gasteiger partial charge in [-0.3, -0.25) is 9.59 Å². The number of amides is 2. The molecule has 1 aliphatic rings. The van der Waals surface area contributed by atoms with E-state index in [1.807, 2.05) is 31.2 Å². The molecule has 24 heavy (non-hydrogen) atoms. The van der Waals surface area contributed by atoms with E-state index >= 15 is 0 Å². The van der Waals surface area contributed by atoms with E-state index in [2.05, 4.69) is 5.32 Å². The summed E-state index contributed by atoms with van der Waals surface area (Å²) in [5.41, 5.74) is 2.23. The van der Waals surface area contributed by atoms with Crippen LogP contribution in [-0.2, 0) is 4.79 Å². The number of anilines is 1. The number of rotatable bonds is 3. The average molecular weight is 343 g/mol. The van der Waals surface area contributed by atoms with Crippen LogP contribution in [0.4, 0.5) is 5.69 Å². The Kier molecular flexibility index (Phi) is 4.86. The first-order valence-corrected chi connectivity index (χ1v) is 8.37. The Morgan fingerprint density at radius 3 is 2.67 bits per heavy atom. The molecular formula is C19H19ClN2O2. The van der Waals surface area contributed by atoms with E-state index in [4.69, 9.17) is 11.6 Å². The maximum absolute atomic E-state index is 12.7. The molecule has 2 aromatic rings. The third-order valence-corrected chi connectivity index (χ3v) is 4.53. The number of hydrogen-bond donors (Lipinski definition) is 1. The van der Waals surface area contributed by atoms with Gasteiger partial charge in [0.2, 0.25) is 5.91 Å². The molecule has 0 unspecified atom stereocenters. The minimum absolute atomic E-state index is 0.101. The van der Waals surface area contributed by atoms with Crippen LogP contribution in [0.15, 0.2) is 48.5 Å². The van der Waals surface area contributed by atoms with E-state index in [9.17, 15) is 9.59 Å². The summed E-state index contributed by atoms with van der Waals surface area (Å²) in [5.74, 6) is -0.266. The molecule has 0 spiro atoms. The molecule has 1 N–H and O–H groups in total. The standard InChI is InChI=1S/C19H19ClN2O2/c1-13-9-10-15(20)12-16(13)21-18(23)17-8-5-11-22(17)19(24)14-6-3-2-4-7-14/h2-4,6-7,9-10,12,17H,5,8,11H2,1H3,(H,21,23)/t17-/m0/s1. The normalized spacial score (nSPS) is 16.9. The van der Waals surface area contributed by atoms with Crippen molar-refractivity contribution in [3.8, 4) is 0 Å². The SMILES string of the molecule is Cc1ccc(Cl)cc1NC(=O)[C@@H]1CCCN1C(=O)c1ccccc1. The number of benzene rings is 2. The quantitative estimate of drug-likeness (QED) is 0.919. The smallest absolute Gasteiger partial charge is 0.254 e. The van der Waals surface area contributed by atoms with E-state index in [1.54, 1.807) is 29.2 Å². The van der Waals surface area contributed by atoms with Crippen molar-refractivity contribution in [3.63, 3.8) is 0 Å². The highest BCUT2D eigenvalue weighted by molar-refractivity contribution is 6.31. The highest BCUT2D eigenvalue weighted by atomic mass is 35.5. The lowest BCUT2D eigenvalue weighted by Gasteiger charge is -2.24. The third-order valence-electron chi connectivity index (χ3n) is 4.29. The largest absolute Gasteiger partial charge is 0.327 e. The second kappa shape index (κ2) is 7.05. The highest BCUT2D eigenvalue weighted by Gasteiger charge is 2.34. The molecule has 0 saturated carbocycles. The van der Waals surface area contributed by atoms with Gasteiger partial charge in [-0.25, -0.2) is 0 Å². The Morgan fingerprint density at radius 2 is 1.92 bits per heavy atom. The highest BCUT2D eigenvalue weighted by Crippen LogP contribution is 2.24. The van der Waals surface area contributed by atoms with Crippen LogP contribution in [0.25, 0.3) is 0 Å². The van der Waals surface area contributed by atoms with Crippen molar-refractivity contribution < 1.29 is 9.59 Å². The van der Waals surface area contributed by atoms with E-state index in [-0.39, 0.29) is 11.8 Å². The van der Waals surface area contributed by atoms with Gasteiger partial charge in [0.1, 0.15) is 6.04 Å². The number of likely N-dealkylation sites (tertiary alicyclic amines) is 1. The fourth-order valence-corrected chi connectivity index (χ4v) is 3.15. The average Bonchev–Trinajstić information content (AvgIpc) is 3.08. The zero-order valence-corrected chi connectivity index (χ0v) is 14.2. The molecule has 3 rings (SSSR count). The van der Waals surface area contributed by atoms with Crippen LogP contribution in [0, 0.1) is 6.92 Å². The van der Waals surface area contributed by atoms with E-state index in [0.29, 0.717) is 29.2 Å². The molecule has 0 aliphatic carbocycles. The molecule has 0 aromatic heterocycles. The molecular weight excluding hydrogens is 324 g/mol. The third kappa shape index (κ3) is 3.44. The summed E-state index contributed by atoms with van der Waals surface area (Å²) in [4.78, 5) is 27.0. The first kappa shape index (κ1) is 16.5. The van der Waals surface area contributed by atoms with Crippen LogP contribution in [-0.4, -0.2) is 29.3 Å². The van der Waals surface area contributed by atoms with Crippen molar-refractivity contribution in [1.29, 1.82) is 0 Å². The lowest BCUT2D eigenvalue weighted by molar-refractivity contribution is -0.119. The van der Waals surface area contributed by atoms with Crippen LogP contribution in [0.2, 0.25) is 5.02 Å². The molecule has 1 heterocycles. The summed E-state index contributed by atoms with van der Waals surface area (Å²) in [6.45, 7) is 2.51. The summed E-state index contributed by atoms with van der Waals surface area (Å²) < 4.78 is 0. The van der Waals surface area contributed by atoms with E-state index in [0.717, 1.165) is 12.0 Å². The summed E-state index contributed by atoms with van der Waals surface area (Å²) in [6, 6.07) is 14.0. The van der Waals surface area contributed by atoms with Crippen molar-refractivity contribution in [2.45, 2.75) is 25.8 Å². The van der Waals surface area contributed by atoms with Gasteiger partial charge in [0, 0.05) is 22.8 Å². The zero-order valence-electron chi connectivity index (χ0n) is 13.5. The Bertz CT molecular complexity index is 761. The summed E-state index contributed by atoms with van der Waals surface area (Å²) in [5, 5.41) is 3.48. The molecule has 4 nitrogen and oxygen atoms in total. The van der Waals surface area contributed by atoms with Gasteiger partial charge < -0.3 is 10.2 Å². The van der Waals surface area contributed by atoms with Crippen LogP contribution < -0.4 is 5.32 Å². The molecule has 1 saturated heterocycles. The maximum Gasteiger partial charge on any atom is 0.254 e. The van der Waals surface area contributed by atoms with Gasteiger partial charge in [0.15, 0.2) is 0 Å². The number of halogens is 1. The van der Waals surface area contributed by atoms with Crippen LogP contribution in [0.3, 0.4) is 0 Å². The fraction of sp³-hybridized carbons (Fsp3) is 0.263. The van der Waals surface area contributed by atoms with E-state index < -0.39 is 6.04 Å². The van der Waals surface area contributed by atoms with Gasteiger partial charge in [-0.05, 0) is 49.6 Å². The molecule has 5 heteroatoms. The van der Waals surface area contributed by atoms with Gasteiger partial charge in [-0.15, -0.1) is 0 Å². The van der Waals surface area contributed by atoms with Gasteiger partial charge in [-0.1, -0.05) is 35.9 Å². The zero-order chi connectivity index (χ0) is 17.1. The monoisotopic (exact) mass is 342 g/mol. The predicted molar refractivity (Wildman–Crippen MR) is 95.3 cm³/mol. The molecule has 0 radical (unpaired) electrons. The van der Waals surface area contributed by atoms with Crippen LogP contribution in [0.5, 0.6) is 0 Å². The Morgan fingerprint density at radius 1 is 1.17 bits per heavy atom. The van der Waals surface area contributed by atoms with Gasteiger partial charge >= 0.3 is 0 Å². The maximum atomic E-state index is 12.7. The van der Waals surface area contributed by atoms with Crippen molar-refractivity contribution in [1.82, 2.24) is 4.90 Å². The van der Waals surface area contributed by atoms with E-state index in [1.165, 1.54) is 0 Å². The molecule has 1 aliphatic heterocycles. The summed E-state index contributed by atoms with van der Waals surface area (Å²) in [6.07, 6.45) is 1.50. The fourth-order valence-electron chi connectivity index (χ4n) is 2.97. The topological polar surface area (TPSA) is 49.4 Å². The molecule has 2 aromatic carbocycles. The van der Waals surface area contributed by atoms with Crippen molar-refractivity contribution in [3.05, 3.63) is 64.7 Å². The van der Waals surface area contributed by atoms with Crippen molar-refractivity contribution >= 4 is 29.1 Å². The Hall–Kier alpha value is -2.33. The number of carbonyl (C=O) groups excluding carboxylic acids is 2. The molecule has 1 fully saturated rings. The number of nitrogens with zero attached hydrogens (tertiary/aromatic N) is 1. The second-order valence-corrected chi connectivity index (χ2v) is 6.41. The minimum atomic E-state index is -0.448. The number of nitrogens with one attached hydrogen (secondary N) is 1. The van der Waals surface area contributed by atoms with Crippen molar-refractivity contribution in [2.75, 3.05) is 11.9 Å². The van der Waals surface area contributed by atoms with Crippen LogP contribution >= 0.6 is 11.6 Å². The van der Waals surface area contributed by atoms with Gasteiger partial charge in [0.05, 0.1) is 0 Å². The van der Waals surface area contributed by atoms with Gasteiger partial charge in [0.25, 0.3) is 5.91 Å².